The molecule has 18 heavy (non-hydrogen) atoms. The molecule has 100 valence electrons. The Bertz CT molecular complexity index is 388. The highest BCUT2D eigenvalue weighted by Gasteiger charge is 2.18. The lowest BCUT2D eigenvalue weighted by atomic mass is 9.95. The van der Waals surface area contributed by atoms with E-state index in [2.05, 4.69) is 43.1 Å². The van der Waals surface area contributed by atoms with Gasteiger partial charge >= 0.3 is 0 Å². The standard InChI is InChI=1S/C15H24N2O/c1-11-8-12(2)15(13(3)9-11)14(18)10-17-6-4-16-5-7-17/h8-9,14,16,18H,4-7,10H2,1-3H3. The molecule has 1 aromatic rings. The minimum Gasteiger partial charge on any atom is -0.387 e. The molecule has 1 aromatic carbocycles. The zero-order valence-corrected chi connectivity index (χ0v) is 11.7. The van der Waals surface area contributed by atoms with Gasteiger partial charge in [0.15, 0.2) is 0 Å². The van der Waals surface area contributed by atoms with Crippen LogP contribution in [-0.4, -0.2) is 42.7 Å². The van der Waals surface area contributed by atoms with Gasteiger partial charge in [-0.25, -0.2) is 0 Å². The summed E-state index contributed by atoms with van der Waals surface area (Å²) >= 11 is 0. The maximum Gasteiger partial charge on any atom is 0.0922 e. The van der Waals surface area contributed by atoms with Crippen molar-refractivity contribution >= 4 is 0 Å². The summed E-state index contributed by atoms with van der Waals surface area (Å²) in [6.07, 6.45) is -0.372. The van der Waals surface area contributed by atoms with Gasteiger partial charge < -0.3 is 10.4 Å². The van der Waals surface area contributed by atoms with Crippen molar-refractivity contribution in [1.29, 1.82) is 0 Å². The average Bonchev–Trinajstić information content (AvgIpc) is 2.28. The highest BCUT2D eigenvalue weighted by Crippen LogP contribution is 2.24. The zero-order valence-electron chi connectivity index (χ0n) is 11.7. The molecule has 0 aliphatic carbocycles. The summed E-state index contributed by atoms with van der Waals surface area (Å²) in [6.45, 7) is 11.1. The van der Waals surface area contributed by atoms with Crippen LogP contribution in [0.25, 0.3) is 0 Å². The Labute approximate surface area is 110 Å². The van der Waals surface area contributed by atoms with Crippen molar-refractivity contribution in [2.24, 2.45) is 0 Å². The summed E-state index contributed by atoms with van der Waals surface area (Å²) in [4.78, 5) is 2.33. The summed E-state index contributed by atoms with van der Waals surface area (Å²) in [5.74, 6) is 0. The third kappa shape index (κ3) is 3.10. The molecule has 1 aliphatic heterocycles. The molecule has 2 rings (SSSR count). The number of benzene rings is 1. The first-order valence-corrected chi connectivity index (χ1v) is 6.77. The van der Waals surface area contributed by atoms with Gasteiger partial charge in [-0.15, -0.1) is 0 Å². The van der Waals surface area contributed by atoms with E-state index < -0.39 is 0 Å². The van der Waals surface area contributed by atoms with Gasteiger partial charge in [-0.2, -0.15) is 0 Å². The van der Waals surface area contributed by atoms with E-state index in [1.165, 1.54) is 16.7 Å². The van der Waals surface area contributed by atoms with Gasteiger partial charge in [0, 0.05) is 32.7 Å². The SMILES string of the molecule is Cc1cc(C)c(C(O)CN2CCNCC2)c(C)c1. The molecular weight excluding hydrogens is 224 g/mol. The number of nitrogens with zero attached hydrogens (tertiary/aromatic N) is 1. The summed E-state index contributed by atoms with van der Waals surface area (Å²) in [5, 5.41) is 13.8. The van der Waals surface area contributed by atoms with Crippen molar-refractivity contribution in [3.8, 4) is 0 Å². The van der Waals surface area contributed by atoms with Crippen LogP contribution in [0.4, 0.5) is 0 Å². The molecule has 1 fully saturated rings. The van der Waals surface area contributed by atoms with E-state index in [1.54, 1.807) is 0 Å². The Morgan fingerprint density at radius 1 is 1.17 bits per heavy atom. The van der Waals surface area contributed by atoms with Crippen molar-refractivity contribution < 1.29 is 5.11 Å². The first kappa shape index (κ1) is 13.5. The third-order valence-corrected chi connectivity index (χ3v) is 3.71. The molecule has 2 N–H and O–H groups in total. The molecule has 0 amide bonds. The molecule has 1 saturated heterocycles. The number of hydrogen-bond donors (Lipinski definition) is 2. The molecule has 0 bridgehead atoms. The van der Waals surface area contributed by atoms with E-state index in [4.69, 9.17) is 0 Å². The first-order valence-electron chi connectivity index (χ1n) is 6.77. The van der Waals surface area contributed by atoms with Crippen molar-refractivity contribution in [3.05, 3.63) is 34.4 Å². The van der Waals surface area contributed by atoms with Crippen LogP contribution >= 0.6 is 0 Å². The van der Waals surface area contributed by atoms with Gasteiger partial charge in [-0.05, 0) is 37.5 Å². The number of aliphatic hydroxyl groups is 1. The molecule has 3 heteroatoms. The van der Waals surface area contributed by atoms with Gasteiger partial charge in [0.05, 0.1) is 6.10 Å². The lowest BCUT2D eigenvalue weighted by Crippen LogP contribution is -2.45. The topological polar surface area (TPSA) is 35.5 Å². The highest BCUT2D eigenvalue weighted by molar-refractivity contribution is 5.39. The van der Waals surface area contributed by atoms with Crippen LogP contribution in [0.15, 0.2) is 12.1 Å². The summed E-state index contributed by atoms with van der Waals surface area (Å²) in [7, 11) is 0. The third-order valence-electron chi connectivity index (χ3n) is 3.71. The molecule has 0 spiro atoms. The summed E-state index contributed by atoms with van der Waals surface area (Å²) in [5.41, 5.74) is 4.78. The van der Waals surface area contributed by atoms with Crippen molar-refractivity contribution in [1.82, 2.24) is 10.2 Å². The van der Waals surface area contributed by atoms with Gasteiger partial charge in [-0.3, -0.25) is 4.90 Å². The van der Waals surface area contributed by atoms with Gasteiger partial charge in [-0.1, -0.05) is 17.7 Å². The molecule has 0 saturated carbocycles. The Kier molecular flexibility index (Phi) is 4.38. The van der Waals surface area contributed by atoms with E-state index in [-0.39, 0.29) is 6.10 Å². The maximum absolute atomic E-state index is 10.5. The fraction of sp³-hybridized carbons (Fsp3) is 0.600. The monoisotopic (exact) mass is 248 g/mol. The quantitative estimate of drug-likeness (QED) is 0.852. The van der Waals surface area contributed by atoms with E-state index in [9.17, 15) is 5.11 Å². The first-order chi connectivity index (χ1) is 8.58. The van der Waals surface area contributed by atoms with Crippen LogP contribution in [0.3, 0.4) is 0 Å². The van der Waals surface area contributed by atoms with Gasteiger partial charge in [0.25, 0.3) is 0 Å². The largest absolute Gasteiger partial charge is 0.387 e. The van der Waals surface area contributed by atoms with Gasteiger partial charge in [0.1, 0.15) is 0 Å². The molecule has 1 atom stereocenters. The van der Waals surface area contributed by atoms with E-state index in [0.717, 1.165) is 38.3 Å². The minimum atomic E-state index is -0.372. The second-order valence-electron chi connectivity index (χ2n) is 5.38. The predicted molar refractivity (Wildman–Crippen MR) is 74.9 cm³/mol. The smallest absolute Gasteiger partial charge is 0.0922 e. The molecule has 1 unspecified atom stereocenters. The molecule has 0 radical (unpaired) electrons. The summed E-state index contributed by atoms with van der Waals surface area (Å²) < 4.78 is 0. The predicted octanol–water partition coefficient (Wildman–Crippen LogP) is 1.55. The minimum absolute atomic E-state index is 0.372. The normalized spacial score (nSPS) is 18.9. The van der Waals surface area contributed by atoms with Gasteiger partial charge in [0.2, 0.25) is 0 Å². The molecule has 3 nitrogen and oxygen atoms in total. The maximum atomic E-state index is 10.5. The van der Waals surface area contributed by atoms with E-state index >= 15 is 0 Å². The lowest BCUT2D eigenvalue weighted by molar-refractivity contribution is 0.105. The van der Waals surface area contributed by atoms with Crippen molar-refractivity contribution in [2.75, 3.05) is 32.7 Å². The van der Waals surface area contributed by atoms with E-state index in [1.807, 2.05) is 0 Å². The van der Waals surface area contributed by atoms with Crippen molar-refractivity contribution in [2.45, 2.75) is 26.9 Å². The number of aryl methyl sites for hydroxylation is 3. The zero-order chi connectivity index (χ0) is 13.1. The number of nitrogens with one attached hydrogen (secondary N) is 1. The second-order valence-corrected chi connectivity index (χ2v) is 5.38. The fourth-order valence-electron chi connectivity index (χ4n) is 2.95. The fourth-order valence-corrected chi connectivity index (χ4v) is 2.95. The Morgan fingerprint density at radius 2 is 1.72 bits per heavy atom. The Morgan fingerprint density at radius 3 is 2.28 bits per heavy atom. The number of hydrogen-bond acceptors (Lipinski definition) is 3. The van der Waals surface area contributed by atoms with Crippen LogP contribution < -0.4 is 5.32 Å². The van der Waals surface area contributed by atoms with Crippen LogP contribution in [0, 0.1) is 20.8 Å². The number of piperazine rings is 1. The average molecular weight is 248 g/mol. The number of aliphatic hydroxyl groups excluding tert-OH is 1. The molecular formula is C15H24N2O. The second kappa shape index (κ2) is 5.83. The summed E-state index contributed by atoms with van der Waals surface area (Å²) in [6, 6.07) is 4.31. The molecule has 1 aliphatic rings. The lowest BCUT2D eigenvalue weighted by Gasteiger charge is -2.30. The Hall–Kier alpha value is -0.900. The Balaban J connectivity index is 2.10. The van der Waals surface area contributed by atoms with E-state index in [0.29, 0.717) is 0 Å². The van der Waals surface area contributed by atoms with Crippen LogP contribution in [0.2, 0.25) is 0 Å². The molecule has 1 heterocycles. The highest BCUT2D eigenvalue weighted by atomic mass is 16.3. The number of β-amino-alcohol motifs (C(OH)–C–C–N with tert-alkyl or cyclic N) is 1. The van der Waals surface area contributed by atoms with Crippen LogP contribution in [0.1, 0.15) is 28.4 Å². The van der Waals surface area contributed by atoms with Crippen LogP contribution in [-0.2, 0) is 0 Å². The number of rotatable bonds is 3. The van der Waals surface area contributed by atoms with Crippen LogP contribution in [0.5, 0.6) is 0 Å². The molecule has 0 aromatic heterocycles. The van der Waals surface area contributed by atoms with Crippen molar-refractivity contribution in [3.63, 3.8) is 0 Å².